The summed E-state index contributed by atoms with van der Waals surface area (Å²) < 4.78 is 44.9. The smallest absolute Gasteiger partial charge is 0.246 e. The molecule has 1 aromatic carbocycles. The quantitative estimate of drug-likeness (QED) is 0.742. The number of benzene rings is 1. The van der Waals surface area contributed by atoms with Gasteiger partial charge in [0.2, 0.25) is 15.9 Å². The van der Waals surface area contributed by atoms with Crippen LogP contribution >= 0.6 is 11.6 Å². The van der Waals surface area contributed by atoms with Gasteiger partial charge in [-0.25, -0.2) is 12.8 Å². The molecular formula is C17H16ClFN2O4S. The summed E-state index contributed by atoms with van der Waals surface area (Å²) in [6.45, 7) is 0.820. The van der Waals surface area contributed by atoms with Crippen molar-refractivity contribution in [1.82, 2.24) is 9.21 Å². The Labute approximate surface area is 155 Å². The minimum Gasteiger partial charge on any atom is -0.465 e. The van der Waals surface area contributed by atoms with E-state index in [-0.39, 0.29) is 42.0 Å². The highest BCUT2D eigenvalue weighted by Gasteiger charge is 2.30. The van der Waals surface area contributed by atoms with Gasteiger partial charge < -0.3 is 9.32 Å². The summed E-state index contributed by atoms with van der Waals surface area (Å²) in [4.78, 5) is 13.7. The second-order valence-corrected chi connectivity index (χ2v) is 8.00. The molecule has 1 amide bonds. The van der Waals surface area contributed by atoms with Gasteiger partial charge in [-0.1, -0.05) is 11.6 Å². The Morgan fingerprint density at radius 1 is 1.19 bits per heavy atom. The second-order valence-electron chi connectivity index (χ2n) is 5.65. The number of amides is 1. The van der Waals surface area contributed by atoms with Crippen LogP contribution in [0.4, 0.5) is 4.39 Å². The molecule has 6 nitrogen and oxygen atoms in total. The minimum absolute atomic E-state index is 0.0682. The Morgan fingerprint density at radius 3 is 2.54 bits per heavy atom. The van der Waals surface area contributed by atoms with Gasteiger partial charge in [-0.15, -0.1) is 0 Å². The Kier molecular flexibility index (Phi) is 5.45. The summed E-state index contributed by atoms with van der Waals surface area (Å²) >= 11 is 5.67. The van der Waals surface area contributed by atoms with Gasteiger partial charge in [0.15, 0.2) is 0 Å². The average Bonchev–Trinajstić information content (AvgIpc) is 3.15. The first kappa shape index (κ1) is 18.6. The van der Waals surface area contributed by atoms with E-state index in [9.17, 15) is 17.6 Å². The number of sulfonamides is 1. The Hall–Kier alpha value is -2.16. The molecule has 1 fully saturated rings. The van der Waals surface area contributed by atoms with Gasteiger partial charge in [0.25, 0.3) is 0 Å². The van der Waals surface area contributed by atoms with Crippen LogP contribution in [0.15, 0.2) is 52.0 Å². The summed E-state index contributed by atoms with van der Waals surface area (Å²) in [6, 6.07) is 6.74. The Balaban J connectivity index is 1.64. The van der Waals surface area contributed by atoms with E-state index in [2.05, 4.69) is 0 Å². The summed E-state index contributed by atoms with van der Waals surface area (Å²) in [5.41, 5.74) is 0. The van der Waals surface area contributed by atoms with Gasteiger partial charge in [-0.3, -0.25) is 4.79 Å². The van der Waals surface area contributed by atoms with E-state index >= 15 is 0 Å². The lowest BCUT2D eigenvalue weighted by Crippen LogP contribution is -2.50. The zero-order valence-corrected chi connectivity index (χ0v) is 15.2. The maximum absolute atomic E-state index is 13.2. The van der Waals surface area contributed by atoms with Crippen LogP contribution in [-0.4, -0.2) is 49.7 Å². The number of carbonyl (C=O) groups excluding carboxylic acids is 1. The van der Waals surface area contributed by atoms with Gasteiger partial charge in [0, 0.05) is 32.3 Å². The molecule has 0 aliphatic carbocycles. The lowest BCUT2D eigenvalue weighted by molar-refractivity contribution is -0.127. The molecular weight excluding hydrogens is 383 g/mol. The van der Waals surface area contributed by atoms with Crippen molar-refractivity contribution in [2.24, 2.45) is 0 Å². The molecule has 9 heteroatoms. The van der Waals surface area contributed by atoms with Gasteiger partial charge in [-0.05, 0) is 36.4 Å². The monoisotopic (exact) mass is 398 g/mol. The van der Waals surface area contributed by atoms with Crippen LogP contribution in [0.1, 0.15) is 5.76 Å². The van der Waals surface area contributed by atoms with E-state index < -0.39 is 15.8 Å². The molecule has 0 radical (unpaired) electrons. The highest BCUT2D eigenvalue weighted by molar-refractivity contribution is 7.89. The molecule has 0 bridgehead atoms. The Morgan fingerprint density at radius 2 is 1.92 bits per heavy atom. The molecule has 1 aliphatic rings. The SMILES string of the molecule is O=C(/C=C/c1ccco1)N1CCN(S(=O)(=O)c2ccc(F)c(Cl)c2)CC1. The molecule has 1 aromatic heterocycles. The first-order valence-electron chi connectivity index (χ1n) is 7.83. The van der Waals surface area contributed by atoms with Crippen molar-refractivity contribution in [1.29, 1.82) is 0 Å². The third-order valence-electron chi connectivity index (χ3n) is 4.01. The first-order chi connectivity index (χ1) is 12.4. The zero-order valence-electron chi connectivity index (χ0n) is 13.6. The number of piperazine rings is 1. The predicted octanol–water partition coefficient (Wildman–Crippen LogP) is 2.62. The van der Waals surface area contributed by atoms with Gasteiger partial charge in [-0.2, -0.15) is 4.31 Å². The van der Waals surface area contributed by atoms with E-state index in [0.717, 1.165) is 12.1 Å². The highest BCUT2D eigenvalue weighted by Crippen LogP contribution is 2.23. The molecule has 0 spiro atoms. The normalized spacial score (nSPS) is 16.3. The van der Waals surface area contributed by atoms with Gasteiger partial charge in [0.05, 0.1) is 16.2 Å². The van der Waals surface area contributed by atoms with E-state index in [4.69, 9.17) is 16.0 Å². The molecule has 26 heavy (non-hydrogen) atoms. The van der Waals surface area contributed by atoms with E-state index in [1.807, 2.05) is 0 Å². The van der Waals surface area contributed by atoms with Crippen molar-refractivity contribution in [2.75, 3.05) is 26.2 Å². The van der Waals surface area contributed by atoms with Crippen molar-refractivity contribution in [3.05, 3.63) is 59.3 Å². The van der Waals surface area contributed by atoms with Crippen LogP contribution in [0.5, 0.6) is 0 Å². The molecule has 1 aliphatic heterocycles. The summed E-state index contributed by atoms with van der Waals surface area (Å²) in [5.74, 6) is -0.333. The second kappa shape index (κ2) is 7.61. The van der Waals surface area contributed by atoms with Crippen molar-refractivity contribution in [3.8, 4) is 0 Å². The van der Waals surface area contributed by atoms with Crippen molar-refractivity contribution >= 4 is 33.6 Å². The maximum Gasteiger partial charge on any atom is 0.246 e. The fourth-order valence-electron chi connectivity index (χ4n) is 2.58. The molecule has 0 saturated carbocycles. The first-order valence-corrected chi connectivity index (χ1v) is 9.65. The van der Waals surface area contributed by atoms with E-state index in [1.165, 1.54) is 22.7 Å². The van der Waals surface area contributed by atoms with Crippen LogP contribution in [0.2, 0.25) is 5.02 Å². The molecule has 2 aromatic rings. The number of carbonyl (C=O) groups is 1. The van der Waals surface area contributed by atoms with Gasteiger partial charge >= 0.3 is 0 Å². The van der Waals surface area contributed by atoms with E-state index in [0.29, 0.717) is 5.76 Å². The predicted molar refractivity (Wildman–Crippen MR) is 94.5 cm³/mol. The molecule has 2 heterocycles. The zero-order chi connectivity index (χ0) is 18.7. The molecule has 3 rings (SSSR count). The Bertz CT molecular complexity index is 920. The van der Waals surface area contributed by atoms with Crippen LogP contribution < -0.4 is 0 Å². The third kappa shape index (κ3) is 3.98. The number of furan rings is 1. The number of rotatable bonds is 4. The summed E-state index contributed by atoms with van der Waals surface area (Å²) in [7, 11) is -3.79. The molecule has 1 saturated heterocycles. The highest BCUT2D eigenvalue weighted by atomic mass is 35.5. The molecule has 0 N–H and O–H groups in total. The minimum atomic E-state index is -3.79. The number of hydrogen-bond donors (Lipinski definition) is 0. The van der Waals surface area contributed by atoms with E-state index in [1.54, 1.807) is 23.1 Å². The standard InChI is InChI=1S/C17H16ClFN2O4S/c18-15-12-14(4-5-16(15)19)26(23,24)21-9-7-20(8-10-21)17(22)6-3-13-2-1-11-25-13/h1-6,11-12H,7-10H2/b6-3+. The van der Waals surface area contributed by atoms with Crippen molar-refractivity contribution in [2.45, 2.75) is 4.90 Å². The lowest BCUT2D eigenvalue weighted by atomic mass is 10.3. The summed E-state index contributed by atoms with van der Waals surface area (Å²) in [5, 5.41) is -0.247. The average molecular weight is 399 g/mol. The number of nitrogens with zero attached hydrogens (tertiary/aromatic N) is 2. The molecule has 138 valence electrons. The fourth-order valence-corrected chi connectivity index (χ4v) is 4.27. The lowest BCUT2D eigenvalue weighted by Gasteiger charge is -2.33. The summed E-state index contributed by atoms with van der Waals surface area (Å²) in [6.07, 6.45) is 4.46. The van der Waals surface area contributed by atoms with Crippen molar-refractivity contribution in [3.63, 3.8) is 0 Å². The van der Waals surface area contributed by atoms with Crippen molar-refractivity contribution < 1.29 is 22.0 Å². The van der Waals surface area contributed by atoms with Crippen LogP contribution in [-0.2, 0) is 14.8 Å². The fraction of sp³-hybridized carbons (Fsp3) is 0.235. The molecule has 0 unspecified atom stereocenters. The van der Waals surface area contributed by atoms with Crippen LogP contribution in [0, 0.1) is 5.82 Å². The van der Waals surface area contributed by atoms with Gasteiger partial charge in [0.1, 0.15) is 11.6 Å². The maximum atomic E-state index is 13.2. The molecule has 0 atom stereocenters. The third-order valence-corrected chi connectivity index (χ3v) is 6.20. The number of hydrogen-bond acceptors (Lipinski definition) is 4. The van der Waals surface area contributed by atoms with Crippen LogP contribution in [0.3, 0.4) is 0 Å². The largest absolute Gasteiger partial charge is 0.465 e. The van der Waals surface area contributed by atoms with Crippen LogP contribution in [0.25, 0.3) is 6.08 Å². The number of halogens is 2. The topological polar surface area (TPSA) is 70.8 Å².